The summed E-state index contributed by atoms with van der Waals surface area (Å²) in [6.45, 7) is 1.88. The summed E-state index contributed by atoms with van der Waals surface area (Å²) in [5.41, 5.74) is 0. The van der Waals surface area contributed by atoms with E-state index in [9.17, 15) is 5.11 Å². The van der Waals surface area contributed by atoms with E-state index in [1.807, 2.05) is 6.92 Å². The molecule has 12 heavy (non-hydrogen) atoms. The number of hydrogen-bond donors (Lipinski definition) is 1. The SMILES string of the molecule is CC(O)C1C2C=CC=CC1C=C2. The van der Waals surface area contributed by atoms with Crippen molar-refractivity contribution in [1.82, 2.24) is 0 Å². The van der Waals surface area contributed by atoms with Gasteiger partial charge < -0.3 is 5.11 Å². The standard InChI is InChI=1S/C11H14O/c1-8(12)11-9-4-2-3-5-10(11)7-6-9/h2-12H,1H3. The van der Waals surface area contributed by atoms with Crippen LogP contribution in [0.3, 0.4) is 0 Å². The third-order valence-electron chi connectivity index (χ3n) is 2.78. The van der Waals surface area contributed by atoms with Gasteiger partial charge in [-0.2, -0.15) is 0 Å². The van der Waals surface area contributed by atoms with Gasteiger partial charge in [0.05, 0.1) is 6.10 Å². The van der Waals surface area contributed by atoms with E-state index in [0.717, 1.165) is 0 Å². The van der Waals surface area contributed by atoms with E-state index < -0.39 is 0 Å². The molecule has 0 spiro atoms. The molecule has 2 rings (SSSR count). The summed E-state index contributed by atoms with van der Waals surface area (Å²) in [5, 5.41) is 9.58. The van der Waals surface area contributed by atoms with Gasteiger partial charge in [-0.1, -0.05) is 36.5 Å². The third-order valence-corrected chi connectivity index (χ3v) is 2.78. The maximum absolute atomic E-state index is 9.58. The van der Waals surface area contributed by atoms with Gasteiger partial charge in [-0.05, 0) is 6.92 Å². The number of hydrogen-bond acceptors (Lipinski definition) is 1. The first kappa shape index (κ1) is 7.81. The fourth-order valence-corrected chi connectivity index (χ4v) is 2.18. The molecule has 0 aromatic heterocycles. The molecule has 1 nitrogen and oxygen atoms in total. The third kappa shape index (κ3) is 1.14. The minimum atomic E-state index is -0.220. The van der Waals surface area contributed by atoms with Crippen LogP contribution in [0, 0.1) is 17.8 Å². The number of aliphatic hydroxyl groups is 1. The average Bonchev–Trinajstić information content (AvgIpc) is 2.24. The zero-order valence-electron chi connectivity index (χ0n) is 7.22. The van der Waals surface area contributed by atoms with E-state index in [-0.39, 0.29) is 6.10 Å². The van der Waals surface area contributed by atoms with Gasteiger partial charge in [-0.3, -0.25) is 0 Å². The molecule has 0 saturated heterocycles. The first-order valence-corrected chi connectivity index (χ1v) is 4.50. The summed E-state index contributed by atoms with van der Waals surface area (Å²) < 4.78 is 0. The summed E-state index contributed by atoms with van der Waals surface area (Å²) in [6, 6.07) is 0. The van der Waals surface area contributed by atoms with E-state index in [1.165, 1.54) is 0 Å². The van der Waals surface area contributed by atoms with Crippen LogP contribution in [0.4, 0.5) is 0 Å². The molecule has 0 fully saturated rings. The first-order chi connectivity index (χ1) is 5.79. The molecule has 2 bridgehead atoms. The molecule has 3 atom stereocenters. The number of allylic oxidation sites excluding steroid dienone is 6. The molecule has 1 N–H and O–H groups in total. The summed E-state index contributed by atoms with van der Waals surface area (Å²) in [5.74, 6) is 1.23. The molecule has 0 heterocycles. The van der Waals surface area contributed by atoms with Crippen molar-refractivity contribution in [2.75, 3.05) is 0 Å². The van der Waals surface area contributed by atoms with Gasteiger partial charge >= 0.3 is 0 Å². The van der Waals surface area contributed by atoms with Gasteiger partial charge in [0, 0.05) is 17.8 Å². The second kappa shape index (κ2) is 2.91. The Hall–Kier alpha value is -0.820. The van der Waals surface area contributed by atoms with Crippen molar-refractivity contribution in [3.8, 4) is 0 Å². The highest BCUT2D eigenvalue weighted by Gasteiger charge is 2.32. The monoisotopic (exact) mass is 162 g/mol. The zero-order valence-corrected chi connectivity index (χ0v) is 7.22. The second-order valence-electron chi connectivity index (χ2n) is 3.63. The minimum absolute atomic E-state index is 0.220. The molecule has 64 valence electrons. The van der Waals surface area contributed by atoms with Crippen LogP contribution in [-0.4, -0.2) is 11.2 Å². The molecular formula is C11H14O. The lowest BCUT2D eigenvalue weighted by atomic mass is 9.85. The molecule has 0 amide bonds. The van der Waals surface area contributed by atoms with Gasteiger partial charge in [-0.15, -0.1) is 0 Å². The lowest BCUT2D eigenvalue weighted by Crippen LogP contribution is -2.25. The van der Waals surface area contributed by atoms with Crippen molar-refractivity contribution in [1.29, 1.82) is 0 Å². The Kier molecular flexibility index (Phi) is 1.89. The smallest absolute Gasteiger partial charge is 0.0557 e. The van der Waals surface area contributed by atoms with E-state index in [1.54, 1.807) is 0 Å². The van der Waals surface area contributed by atoms with Crippen molar-refractivity contribution < 1.29 is 5.11 Å². The lowest BCUT2D eigenvalue weighted by Gasteiger charge is -2.23. The number of fused-ring (bicyclic) bond motifs is 2. The Morgan fingerprint density at radius 3 is 1.92 bits per heavy atom. The summed E-state index contributed by atoms with van der Waals surface area (Å²) in [6.07, 6.45) is 12.6. The molecular weight excluding hydrogens is 148 g/mol. The fourth-order valence-electron chi connectivity index (χ4n) is 2.18. The van der Waals surface area contributed by atoms with Crippen LogP contribution in [-0.2, 0) is 0 Å². The molecule has 0 aromatic carbocycles. The van der Waals surface area contributed by atoms with E-state index in [2.05, 4.69) is 36.5 Å². The number of rotatable bonds is 1. The molecule has 2 aliphatic rings. The molecule has 0 aliphatic heterocycles. The van der Waals surface area contributed by atoms with Crippen LogP contribution in [0.2, 0.25) is 0 Å². The zero-order chi connectivity index (χ0) is 8.55. The molecule has 2 aliphatic carbocycles. The van der Waals surface area contributed by atoms with Gasteiger partial charge in [-0.25, -0.2) is 0 Å². The highest BCUT2D eigenvalue weighted by Crippen LogP contribution is 2.36. The Morgan fingerprint density at radius 2 is 1.50 bits per heavy atom. The van der Waals surface area contributed by atoms with Crippen molar-refractivity contribution in [3.63, 3.8) is 0 Å². The van der Waals surface area contributed by atoms with E-state index >= 15 is 0 Å². The van der Waals surface area contributed by atoms with E-state index in [0.29, 0.717) is 17.8 Å². The predicted molar refractivity (Wildman–Crippen MR) is 49.6 cm³/mol. The Balaban J connectivity index is 2.28. The summed E-state index contributed by atoms with van der Waals surface area (Å²) in [7, 11) is 0. The fraction of sp³-hybridized carbons (Fsp3) is 0.455. The number of aliphatic hydroxyl groups excluding tert-OH is 1. The Bertz CT molecular complexity index is 226. The van der Waals surface area contributed by atoms with Crippen LogP contribution in [0.15, 0.2) is 36.5 Å². The second-order valence-corrected chi connectivity index (χ2v) is 3.63. The normalized spacial score (nSPS) is 40.0. The van der Waals surface area contributed by atoms with Crippen molar-refractivity contribution in [2.45, 2.75) is 13.0 Å². The molecule has 1 heteroatoms. The Morgan fingerprint density at radius 1 is 1.00 bits per heavy atom. The van der Waals surface area contributed by atoms with E-state index in [4.69, 9.17) is 0 Å². The van der Waals surface area contributed by atoms with Crippen LogP contribution in [0.25, 0.3) is 0 Å². The highest BCUT2D eigenvalue weighted by atomic mass is 16.3. The minimum Gasteiger partial charge on any atom is -0.393 e. The maximum atomic E-state index is 9.58. The van der Waals surface area contributed by atoms with Gasteiger partial charge in [0.1, 0.15) is 0 Å². The first-order valence-electron chi connectivity index (χ1n) is 4.50. The van der Waals surface area contributed by atoms with Crippen molar-refractivity contribution >= 4 is 0 Å². The van der Waals surface area contributed by atoms with Gasteiger partial charge in [0.15, 0.2) is 0 Å². The van der Waals surface area contributed by atoms with Crippen LogP contribution < -0.4 is 0 Å². The predicted octanol–water partition coefficient (Wildman–Crippen LogP) is 1.91. The molecule has 0 radical (unpaired) electrons. The molecule has 3 unspecified atom stereocenters. The van der Waals surface area contributed by atoms with Crippen LogP contribution >= 0.6 is 0 Å². The van der Waals surface area contributed by atoms with Crippen LogP contribution in [0.5, 0.6) is 0 Å². The highest BCUT2D eigenvalue weighted by molar-refractivity contribution is 5.25. The quantitative estimate of drug-likeness (QED) is 0.584. The Labute approximate surface area is 73.1 Å². The van der Waals surface area contributed by atoms with Crippen molar-refractivity contribution in [2.24, 2.45) is 17.8 Å². The summed E-state index contributed by atoms with van der Waals surface area (Å²) >= 11 is 0. The maximum Gasteiger partial charge on any atom is 0.0557 e. The average molecular weight is 162 g/mol. The van der Waals surface area contributed by atoms with Crippen LogP contribution in [0.1, 0.15) is 6.92 Å². The largest absolute Gasteiger partial charge is 0.393 e. The molecule has 0 saturated carbocycles. The molecule has 0 aromatic rings. The van der Waals surface area contributed by atoms with Gasteiger partial charge in [0.25, 0.3) is 0 Å². The summed E-state index contributed by atoms with van der Waals surface area (Å²) in [4.78, 5) is 0. The lowest BCUT2D eigenvalue weighted by molar-refractivity contribution is 0.103. The van der Waals surface area contributed by atoms with Crippen molar-refractivity contribution in [3.05, 3.63) is 36.5 Å². The topological polar surface area (TPSA) is 20.2 Å². The van der Waals surface area contributed by atoms with Gasteiger partial charge in [0.2, 0.25) is 0 Å².